The lowest BCUT2D eigenvalue weighted by Gasteiger charge is -2.23. The van der Waals surface area contributed by atoms with Gasteiger partial charge >= 0.3 is 0 Å². The molecule has 0 atom stereocenters. The zero-order valence-corrected chi connectivity index (χ0v) is 10.0. The fourth-order valence-corrected chi connectivity index (χ4v) is 2.25. The Bertz CT molecular complexity index is 389. The van der Waals surface area contributed by atoms with Crippen molar-refractivity contribution in [3.05, 3.63) is 24.0 Å². The van der Waals surface area contributed by atoms with Gasteiger partial charge in [0.15, 0.2) is 11.6 Å². The first-order chi connectivity index (χ1) is 8.13. The van der Waals surface area contributed by atoms with Crippen molar-refractivity contribution in [3.8, 4) is 5.75 Å². The molecule has 0 bridgehead atoms. The van der Waals surface area contributed by atoms with Crippen LogP contribution in [0.4, 0.5) is 10.1 Å². The van der Waals surface area contributed by atoms with Crippen molar-refractivity contribution in [1.82, 2.24) is 0 Å². The SMILES string of the molecule is COc1cc(NCC2(O)CCCC2)ccc1F. The van der Waals surface area contributed by atoms with Crippen molar-refractivity contribution in [2.75, 3.05) is 19.0 Å². The summed E-state index contributed by atoms with van der Waals surface area (Å²) in [5.41, 5.74) is 0.158. The van der Waals surface area contributed by atoms with Crippen LogP contribution in [0.5, 0.6) is 5.75 Å². The molecule has 0 aliphatic heterocycles. The number of aliphatic hydroxyl groups is 1. The molecule has 0 aromatic heterocycles. The summed E-state index contributed by atoms with van der Waals surface area (Å²) in [6, 6.07) is 4.61. The van der Waals surface area contributed by atoms with Crippen LogP contribution in [0.3, 0.4) is 0 Å². The molecule has 0 amide bonds. The summed E-state index contributed by atoms with van der Waals surface area (Å²) in [5, 5.41) is 13.3. The molecule has 1 fully saturated rings. The average molecular weight is 239 g/mol. The molecule has 3 nitrogen and oxygen atoms in total. The minimum atomic E-state index is -0.610. The molecule has 0 unspecified atom stereocenters. The monoisotopic (exact) mass is 239 g/mol. The minimum Gasteiger partial charge on any atom is -0.494 e. The zero-order chi connectivity index (χ0) is 12.3. The molecule has 1 aliphatic carbocycles. The number of benzene rings is 1. The fraction of sp³-hybridized carbons (Fsp3) is 0.538. The number of hydrogen-bond donors (Lipinski definition) is 2. The predicted molar refractivity (Wildman–Crippen MR) is 64.9 cm³/mol. The van der Waals surface area contributed by atoms with E-state index < -0.39 is 5.60 Å². The van der Waals surface area contributed by atoms with Crippen molar-refractivity contribution >= 4 is 5.69 Å². The standard InChI is InChI=1S/C13H18FNO2/c1-17-12-8-10(4-5-11(12)14)15-9-13(16)6-2-3-7-13/h4-5,8,15-16H,2-3,6-7,9H2,1H3. The van der Waals surface area contributed by atoms with Gasteiger partial charge in [-0.25, -0.2) is 4.39 Å². The average Bonchev–Trinajstić information content (AvgIpc) is 2.76. The van der Waals surface area contributed by atoms with E-state index in [1.165, 1.54) is 13.2 Å². The van der Waals surface area contributed by atoms with Gasteiger partial charge in [0.05, 0.1) is 12.7 Å². The number of nitrogens with one attached hydrogen (secondary N) is 1. The van der Waals surface area contributed by atoms with Crippen molar-refractivity contribution in [1.29, 1.82) is 0 Å². The summed E-state index contributed by atoms with van der Waals surface area (Å²) < 4.78 is 18.1. The molecule has 2 N–H and O–H groups in total. The van der Waals surface area contributed by atoms with Crippen LogP contribution in [-0.2, 0) is 0 Å². The van der Waals surface area contributed by atoms with E-state index in [0.717, 1.165) is 31.4 Å². The van der Waals surface area contributed by atoms with Gasteiger partial charge in [0, 0.05) is 18.3 Å². The first-order valence-corrected chi connectivity index (χ1v) is 5.93. The number of hydrogen-bond acceptors (Lipinski definition) is 3. The maximum atomic E-state index is 13.2. The Hall–Kier alpha value is -1.29. The van der Waals surface area contributed by atoms with Crippen LogP contribution < -0.4 is 10.1 Å². The summed E-state index contributed by atoms with van der Waals surface area (Å²) in [6.45, 7) is 0.502. The number of halogens is 1. The Morgan fingerprint density at radius 2 is 2.12 bits per heavy atom. The Morgan fingerprint density at radius 3 is 2.76 bits per heavy atom. The molecule has 94 valence electrons. The van der Waals surface area contributed by atoms with Gasteiger partial charge in [-0.05, 0) is 25.0 Å². The van der Waals surface area contributed by atoms with E-state index in [1.54, 1.807) is 12.1 Å². The molecule has 0 radical (unpaired) electrons. The van der Waals surface area contributed by atoms with E-state index in [1.807, 2.05) is 0 Å². The maximum Gasteiger partial charge on any atom is 0.165 e. The van der Waals surface area contributed by atoms with Crippen LogP contribution in [0.2, 0.25) is 0 Å². The van der Waals surface area contributed by atoms with Crippen molar-refractivity contribution in [3.63, 3.8) is 0 Å². The van der Waals surface area contributed by atoms with E-state index in [-0.39, 0.29) is 11.6 Å². The molecule has 1 saturated carbocycles. The van der Waals surface area contributed by atoms with Crippen LogP contribution in [0, 0.1) is 5.82 Å². The topological polar surface area (TPSA) is 41.5 Å². The summed E-state index contributed by atoms with van der Waals surface area (Å²) in [7, 11) is 1.44. The van der Waals surface area contributed by atoms with Gasteiger partial charge in [0.25, 0.3) is 0 Å². The van der Waals surface area contributed by atoms with Crippen LogP contribution >= 0.6 is 0 Å². The van der Waals surface area contributed by atoms with E-state index in [9.17, 15) is 9.50 Å². The van der Waals surface area contributed by atoms with Gasteiger partial charge in [0.2, 0.25) is 0 Å². The van der Waals surface area contributed by atoms with E-state index >= 15 is 0 Å². The second kappa shape index (κ2) is 4.92. The summed E-state index contributed by atoms with van der Waals surface area (Å²) in [5.74, 6) is -0.161. The molecule has 2 rings (SSSR count). The van der Waals surface area contributed by atoms with Crippen LogP contribution in [0.1, 0.15) is 25.7 Å². The van der Waals surface area contributed by atoms with Crippen LogP contribution in [0.15, 0.2) is 18.2 Å². The van der Waals surface area contributed by atoms with Crippen LogP contribution in [-0.4, -0.2) is 24.4 Å². The highest BCUT2D eigenvalue weighted by atomic mass is 19.1. The van der Waals surface area contributed by atoms with Gasteiger partial charge < -0.3 is 15.2 Å². The third-order valence-electron chi connectivity index (χ3n) is 3.31. The lowest BCUT2D eigenvalue weighted by atomic mass is 10.0. The van der Waals surface area contributed by atoms with Gasteiger partial charge in [-0.3, -0.25) is 0 Å². The van der Waals surface area contributed by atoms with Crippen molar-refractivity contribution in [2.45, 2.75) is 31.3 Å². The van der Waals surface area contributed by atoms with Crippen molar-refractivity contribution in [2.24, 2.45) is 0 Å². The molecule has 4 heteroatoms. The molecule has 1 aromatic rings. The third kappa shape index (κ3) is 2.88. The number of ether oxygens (including phenoxy) is 1. The number of methoxy groups -OCH3 is 1. The molecule has 1 aromatic carbocycles. The predicted octanol–water partition coefficient (Wildman–Crippen LogP) is 2.55. The molecule has 0 heterocycles. The molecule has 17 heavy (non-hydrogen) atoms. The summed E-state index contributed by atoms with van der Waals surface area (Å²) in [6.07, 6.45) is 3.81. The molecule has 0 spiro atoms. The van der Waals surface area contributed by atoms with E-state index in [0.29, 0.717) is 6.54 Å². The highest BCUT2D eigenvalue weighted by Gasteiger charge is 2.30. The molecular weight excluding hydrogens is 221 g/mol. The fourth-order valence-electron chi connectivity index (χ4n) is 2.25. The number of anilines is 1. The Labute approximate surface area is 101 Å². The van der Waals surface area contributed by atoms with E-state index in [2.05, 4.69) is 5.32 Å². The normalized spacial score (nSPS) is 18.1. The summed E-state index contributed by atoms with van der Waals surface area (Å²) >= 11 is 0. The highest BCUT2D eigenvalue weighted by molar-refractivity contribution is 5.49. The first kappa shape index (κ1) is 12.2. The molecular formula is C13H18FNO2. The Morgan fingerprint density at radius 1 is 1.41 bits per heavy atom. The maximum absolute atomic E-state index is 13.2. The van der Waals surface area contributed by atoms with Gasteiger partial charge in [-0.15, -0.1) is 0 Å². The molecule has 0 saturated heterocycles. The smallest absolute Gasteiger partial charge is 0.165 e. The van der Waals surface area contributed by atoms with Crippen LogP contribution in [0.25, 0.3) is 0 Å². The number of rotatable bonds is 4. The van der Waals surface area contributed by atoms with Gasteiger partial charge in [0.1, 0.15) is 0 Å². The van der Waals surface area contributed by atoms with Gasteiger partial charge in [-0.1, -0.05) is 12.8 Å². The highest BCUT2D eigenvalue weighted by Crippen LogP contribution is 2.30. The third-order valence-corrected chi connectivity index (χ3v) is 3.31. The zero-order valence-electron chi connectivity index (χ0n) is 10.0. The Balaban J connectivity index is 1.99. The van der Waals surface area contributed by atoms with Crippen molar-refractivity contribution < 1.29 is 14.2 Å². The largest absolute Gasteiger partial charge is 0.494 e. The quantitative estimate of drug-likeness (QED) is 0.848. The first-order valence-electron chi connectivity index (χ1n) is 5.93. The lowest BCUT2D eigenvalue weighted by molar-refractivity contribution is 0.0615. The van der Waals surface area contributed by atoms with Gasteiger partial charge in [-0.2, -0.15) is 0 Å². The Kier molecular flexibility index (Phi) is 3.52. The minimum absolute atomic E-state index is 0.216. The second-order valence-electron chi connectivity index (χ2n) is 4.63. The second-order valence-corrected chi connectivity index (χ2v) is 4.63. The summed E-state index contributed by atoms with van der Waals surface area (Å²) in [4.78, 5) is 0. The lowest BCUT2D eigenvalue weighted by Crippen LogP contribution is -2.33. The van der Waals surface area contributed by atoms with E-state index in [4.69, 9.17) is 4.74 Å². The molecule has 1 aliphatic rings.